The van der Waals surface area contributed by atoms with Gasteiger partial charge < -0.3 is 14.9 Å². The van der Waals surface area contributed by atoms with E-state index in [1.165, 1.54) is 6.07 Å². The second kappa shape index (κ2) is 4.79. The summed E-state index contributed by atoms with van der Waals surface area (Å²) < 4.78 is 5.29. The summed E-state index contributed by atoms with van der Waals surface area (Å²) in [6, 6.07) is 4.59. The Labute approximate surface area is 88.1 Å². The normalized spacial score (nSPS) is 10.6. The summed E-state index contributed by atoms with van der Waals surface area (Å²) in [5, 5.41) is 18.4. The Morgan fingerprint density at radius 2 is 2.13 bits per heavy atom. The highest BCUT2D eigenvalue weighted by atomic mass is 16.5. The molecule has 0 radical (unpaired) electrons. The van der Waals surface area contributed by atoms with E-state index in [0.717, 1.165) is 0 Å². The highest BCUT2D eigenvalue weighted by molar-refractivity contribution is 5.91. The summed E-state index contributed by atoms with van der Waals surface area (Å²) >= 11 is 0. The van der Waals surface area contributed by atoms with Gasteiger partial charge in [-0.2, -0.15) is 0 Å². The summed E-state index contributed by atoms with van der Waals surface area (Å²) in [6.45, 7) is 3.96. The lowest BCUT2D eigenvalue weighted by molar-refractivity contribution is 0.0638. The van der Waals surface area contributed by atoms with E-state index in [9.17, 15) is 9.90 Å². The molecule has 0 fully saturated rings. The van der Waals surface area contributed by atoms with Crippen molar-refractivity contribution in [3.8, 4) is 5.75 Å². The number of ether oxygens (including phenoxy) is 1. The summed E-state index contributed by atoms with van der Waals surface area (Å²) in [7, 11) is 0. The first-order valence-corrected chi connectivity index (χ1v) is 4.68. The van der Waals surface area contributed by atoms with Crippen LogP contribution < -0.4 is 0 Å². The second-order valence-electron chi connectivity index (χ2n) is 3.48. The first-order chi connectivity index (χ1) is 7.02. The van der Waals surface area contributed by atoms with E-state index >= 15 is 0 Å². The number of hydrogen-bond acceptors (Lipinski definition) is 3. The maximum absolute atomic E-state index is 10.7. The van der Waals surface area contributed by atoms with Gasteiger partial charge in [-0.05, 0) is 19.9 Å². The van der Waals surface area contributed by atoms with E-state index in [1.807, 2.05) is 13.8 Å². The molecule has 0 amide bonds. The molecule has 4 heteroatoms. The number of benzene rings is 1. The standard InChI is InChI=1S/C11H14O4/c1-7(2)15-6-8-4-3-5-9(10(8)12)11(13)14/h3-5,7,12H,6H2,1-2H3,(H,13,14). The molecule has 0 aliphatic carbocycles. The molecule has 0 aliphatic rings. The third-order valence-electron chi connectivity index (χ3n) is 1.92. The third-order valence-corrected chi connectivity index (χ3v) is 1.92. The highest BCUT2D eigenvalue weighted by Gasteiger charge is 2.12. The van der Waals surface area contributed by atoms with Crippen molar-refractivity contribution >= 4 is 5.97 Å². The molecule has 1 aromatic rings. The molecule has 0 unspecified atom stereocenters. The van der Waals surface area contributed by atoms with Gasteiger partial charge in [-0.15, -0.1) is 0 Å². The van der Waals surface area contributed by atoms with Crippen LogP contribution in [0.15, 0.2) is 18.2 Å². The number of rotatable bonds is 4. The summed E-state index contributed by atoms with van der Waals surface area (Å²) in [4.78, 5) is 10.7. The van der Waals surface area contributed by atoms with Crippen molar-refractivity contribution in [1.29, 1.82) is 0 Å². The zero-order valence-corrected chi connectivity index (χ0v) is 8.73. The Morgan fingerprint density at radius 1 is 1.47 bits per heavy atom. The summed E-state index contributed by atoms with van der Waals surface area (Å²) in [6.07, 6.45) is 0.0397. The molecule has 0 bridgehead atoms. The number of carboxylic acids is 1. The minimum Gasteiger partial charge on any atom is -0.507 e. The van der Waals surface area contributed by atoms with E-state index in [0.29, 0.717) is 5.56 Å². The first-order valence-electron chi connectivity index (χ1n) is 4.68. The molecule has 0 aromatic heterocycles. The van der Waals surface area contributed by atoms with Crippen LogP contribution in [0.25, 0.3) is 0 Å². The molecule has 0 saturated carbocycles. The van der Waals surface area contributed by atoms with Crippen LogP contribution in [0.4, 0.5) is 0 Å². The van der Waals surface area contributed by atoms with Crippen LogP contribution in [-0.2, 0) is 11.3 Å². The maximum Gasteiger partial charge on any atom is 0.339 e. The molecule has 0 spiro atoms. The van der Waals surface area contributed by atoms with Gasteiger partial charge in [0.25, 0.3) is 0 Å². The van der Waals surface area contributed by atoms with E-state index in [2.05, 4.69) is 0 Å². The number of aromatic hydroxyl groups is 1. The minimum atomic E-state index is -1.14. The largest absolute Gasteiger partial charge is 0.507 e. The van der Waals surface area contributed by atoms with Crippen molar-refractivity contribution in [1.82, 2.24) is 0 Å². The predicted molar refractivity (Wildman–Crippen MR) is 55.0 cm³/mol. The molecule has 0 heterocycles. The smallest absolute Gasteiger partial charge is 0.339 e. The zero-order chi connectivity index (χ0) is 11.4. The number of carbonyl (C=O) groups is 1. The number of aromatic carboxylic acids is 1. The van der Waals surface area contributed by atoms with Gasteiger partial charge in [-0.3, -0.25) is 0 Å². The number of hydrogen-bond donors (Lipinski definition) is 2. The first kappa shape index (κ1) is 11.5. The van der Waals surface area contributed by atoms with E-state index in [4.69, 9.17) is 9.84 Å². The molecule has 0 atom stereocenters. The number of phenols is 1. The van der Waals surface area contributed by atoms with Gasteiger partial charge in [0.1, 0.15) is 11.3 Å². The van der Waals surface area contributed by atoms with Crippen molar-refractivity contribution in [3.63, 3.8) is 0 Å². The molecule has 4 nitrogen and oxygen atoms in total. The van der Waals surface area contributed by atoms with Crippen molar-refractivity contribution in [2.45, 2.75) is 26.6 Å². The van der Waals surface area contributed by atoms with Crippen molar-refractivity contribution in [2.75, 3.05) is 0 Å². The fourth-order valence-electron chi connectivity index (χ4n) is 1.14. The summed E-state index contributed by atoms with van der Waals surface area (Å²) in [5.41, 5.74) is 0.392. The van der Waals surface area contributed by atoms with E-state index in [1.54, 1.807) is 12.1 Å². The Bertz CT molecular complexity index is 358. The fourth-order valence-corrected chi connectivity index (χ4v) is 1.14. The molecule has 0 saturated heterocycles. The number of para-hydroxylation sites is 1. The fraction of sp³-hybridized carbons (Fsp3) is 0.364. The molecule has 2 N–H and O–H groups in total. The zero-order valence-electron chi connectivity index (χ0n) is 8.73. The molecule has 15 heavy (non-hydrogen) atoms. The molecule has 1 aromatic carbocycles. The topological polar surface area (TPSA) is 66.8 Å². The Morgan fingerprint density at radius 3 is 2.67 bits per heavy atom. The van der Waals surface area contributed by atoms with Crippen LogP contribution in [0.2, 0.25) is 0 Å². The monoisotopic (exact) mass is 210 g/mol. The quantitative estimate of drug-likeness (QED) is 0.797. The van der Waals surface area contributed by atoms with Gasteiger partial charge in [-0.1, -0.05) is 12.1 Å². The maximum atomic E-state index is 10.7. The minimum absolute atomic E-state index is 0.0397. The lowest BCUT2D eigenvalue weighted by atomic mass is 10.1. The molecular formula is C11H14O4. The molecular weight excluding hydrogens is 196 g/mol. The van der Waals surface area contributed by atoms with Crippen molar-refractivity contribution in [3.05, 3.63) is 29.3 Å². The summed E-state index contributed by atoms with van der Waals surface area (Å²) in [5.74, 6) is -1.36. The van der Waals surface area contributed by atoms with Crippen LogP contribution in [0.3, 0.4) is 0 Å². The lowest BCUT2D eigenvalue weighted by Crippen LogP contribution is -2.04. The Hall–Kier alpha value is -1.55. The SMILES string of the molecule is CC(C)OCc1cccc(C(=O)O)c1O. The van der Waals surface area contributed by atoms with Gasteiger partial charge in [0.15, 0.2) is 0 Å². The Kier molecular flexibility index (Phi) is 3.68. The van der Waals surface area contributed by atoms with Gasteiger partial charge in [0.05, 0.1) is 12.7 Å². The molecule has 0 aliphatic heterocycles. The third kappa shape index (κ3) is 2.95. The van der Waals surface area contributed by atoms with E-state index in [-0.39, 0.29) is 24.0 Å². The van der Waals surface area contributed by atoms with Gasteiger partial charge in [0, 0.05) is 5.56 Å². The van der Waals surface area contributed by atoms with Gasteiger partial charge in [-0.25, -0.2) is 4.79 Å². The second-order valence-corrected chi connectivity index (χ2v) is 3.48. The van der Waals surface area contributed by atoms with Crippen LogP contribution in [-0.4, -0.2) is 22.3 Å². The molecule has 82 valence electrons. The average molecular weight is 210 g/mol. The van der Waals surface area contributed by atoms with Crippen LogP contribution in [0.1, 0.15) is 29.8 Å². The van der Waals surface area contributed by atoms with Gasteiger partial charge >= 0.3 is 5.97 Å². The highest BCUT2D eigenvalue weighted by Crippen LogP contribution is 2.23. The van der Waals surface area contributed by atoms with Crippen molar-refractivity contribution < 1.29 is 19.7 Å². The number of carboxylic acid groups (broad SMARTS) is 1. The van der Waals surface area contributed by atoms with Crippen LogP contribution in [0.5, 0.6) is 5.75 Å². The average Bonchev–Trinajstić information content (AvgIpc) is 2.15. The predicted octanol–water partition coefficient (Wildman–Crippen LogP) is 2.02. The van der Waals surface area contributed by atoms with Crippen molar-refractivity contribution in [2.24, 2.45) is 0 Å². The molecule has 1 rings (SSSR count). The van der Waals surface area contributed by atoms with Gasteiger partial charge in [0.2, 0.25) is 0 Å². The van der Waals surface area contributed by atoms with Crippen LogP contribution in [0, 0.1) is 0 Å². The van der Waals surface area contributed by atoms with E-state index < -0.39 is 5.97 Å². The lowest BCUT2D eigenvalue weighted by Gasteiger charge is -2.10. The van der Waals surface area contributed by atoms with Crippen LogP contribution >= 0.6 is 0 Å². The Balaban J connectivity index is 2.89.